The maximum Gasteiger partial charge on any atom is 0.523 e. The largest absolute Gasteiger partial charge is 0.523 e. The zero-order valence-corrected chi connectivity index (χ0v) is 10.2. The lowest BCUT2D eigenvalue weighted by Gasteiger charge is -2.08. The molecule has 2 rings (SSSR count). The number of fused-ring (bicyclic) bond motifs is 1. The number of hydrogen-bond donors (Lipinski definition) is 0. The molecule has 0 aliphatic rings. The molecule has 0 saturated heterocycles. The predicted octanol–water partition coefficient (Wildman–Crippen LogP) is 2.60. The van der Waals surface area contributed by atoms with Crippen LogP contribution >= 0.6 is 0 Å². The summed E-state index contributed by atoms with van der Waals surface area (Å²) in [5, 5.41) is 1.53. The Hall–Kier alpha value is -1.67. The van der Waals surface area contributed by atoms with Gasteiger partial charge >= 0.3 is 15.6 Å². The molecule has 4 nitrogen and oxygen atoms in total. The van der Waals surface area contributed by atoms with Gasteiger partial charge in [-0.1, -0.05) is 12.1 Å². The topological polar surface area (TPSA) is 56.3 Å². The highest BCUT2D eigenvalue weighted by molar-refractivity contribution is 7.87. The molecule has 0 atom stereocenters. The van der Waals surface area contributed by atoms with Crippen LogP contribution in [0.2, 0.25) is 0 Å². The summed E-state index contributed by atoms with van der Waals surface area (Å²) in [4.78, 5) is 3.88. The van der Waals surface area contributed by atoms with Crippen molar-refractivity contribution in [2.45, 2.75) is 12.1 Å². The first-order valence-corrected chi connectivity index (χ1v) is 6.49. The Balaban J connectivity index is 2.19. The molecule has 1 heterocycles. The number of nitrogens with zero attached hydrogens (tertiary/aromatic N) is 1. The smallest absolute Gasteiger partial charge is 0.264 e. The minimum Gasteiger partial charge on any atom is -0.264 e. The first-order chi connectivity index (χ1) is 8.79. The van der Waals surface area contributed by atoms with Crippen LogP contribution in [0.3, 0.4) is 0 Å². The Labute approximate surface area is 107 Å². The van der Waals surface area contributed by atoms with Gasteiger partial charge in [-0.05, 0) is 23.1 Å². The number of pyridine rings is 1. The maximum atomic E-state index is 12.1. The standard InChI is InChI=1S/C11H8F3NO3S/c12-11(13,14)19(16,17)18-7-8-1-2-10-6-15-4-3-9(10)5-8/h1-6H,7H2. The third-order valence-electron chi connectivity index (χ3n) is 2.37. The van der Waals surface area contributed by atoms with Gasteiger partial charge in [-0.15, -0.1) is 0 Å². The highest BCUT2D eigenvalue weighted by Gasteiger charge is 2.47. The van der Waals surface area contributed by atoms with Crippen molar-refractivity contribution in [1.29, 1.82) is 0 Å². The van der Waals surface area contributed by atoms with E-state index in [1.807, 2.05) is 0 Å². The fraction of sp³-hybridized carbons (Fsp3) is 0.182. The summed E-state index contributed by atoms with van der Waals surface area (Å²) < 4.78 is 61.6. The Morgan fingerprint density at radius 3 is 2.58 bits per heavy atom. The summed E-state index contributed by atoms with van der Waals surface area (Å²) in [6.45, 7) is -0.667. The van der Waals surface area contributed by atoms with Crippen LogP contribution in [-0.2, 0) is 20.9 Å². The zero-order chi connectivity index (χ0) is 14.1. The lowest BCUT2D eigenvalue weighted by Crippen LogP contribution is -2.25. The van der Waals surface area contributed by atoms with Crippen molar-refractivity contribution in [3.8, 4) is 0 Å². The van der Waals surface area contributed by atoms with Gasteiger partial charge in [0, 0.05) is 17.8 Å². The van der Waals surface area contributed by atoms with Crippen molar-refractivity contribution in [3.05, 3.63) is 42.2 Å². The number of benzene rings is 1. The maximum absolute atomic E-state index is 12.1. The lowest BCUT2D eigenvalue weighted by molar-refractivity contribution is -0.0547. The van der Waals surface area contributed by atoms with Crippen LogP contribution < -0.4 is 0 Å². The minimum atomic E-state index is -5.56. The summed E-state index contributed by atoms with van der Waals surface area (Å²) in [6, 6.07) is 6.32. The Morgan fingerprint density at radius 1 is 1.16 bits per heavy atom. The zero-order valence-electron chi connectivity index (χ0n) is 9.39. The first-order valence-electron chi connectivity index (χ1n) is 5.08. The van der Waals surface area contributed by atoms with E-state index in [0.29, 0.717) is 5.56 Å². The van der Waals surface area contributed by atoms with Gasteiger partial charge in [0.2, 0.25) is 0 Å². The molecule has 0 spiro atoms. The van der Waals surface area contributed by atoms with E-state index >= 15 is 0 Å². The molecule has 0 bridgehead atoms. The van der Waals surface area contributed by atoms with Gasteiger partial charge < -0.3 is 0 Å². The Kier molecular flexibility index (Phi) is 3.46. The van der Waals surface area contributed by atoms with Crippen molar-refractivity contribution in [2.75, 3.05) is 0 Å². The molecular formula is C11H8F3NO3S. The number of halogens is 3. The van der Waals surface area contributed by atoms with Crippen LogP contribution in [0.5, 0.6) is 0 Å². The van der Waals surface area contributed by atoms with Gasteiger partial charge in [-0.2, -0.15) is 21.6 Å². The van der Waals surface area contributed by atoms with Crippen LogP contribution in [0, 0.1) is 0 Å². The molecule has 19 heavy (non-hydrogen) atoms. The van der Waals surface area contributed by atoms with Crippen LogP contribution in [0.4, 0.5) is 13.2 Å². The fourth-order valence-electron chi connectivity index (χ4n) is 1.44. The summed E-state index contributed by atoms with van der Waals surface area (Å²) in [7, 11) is -5.56. The summed E-state index contributed by atoms with van der Waals surface area (Å²) in [6.07, 6.45) is 3.12. The van der Waals surface area contributed by atoms with Gasteiger partial charge in [0.25, 0.3) is 0 Å². The van der Waals surface area contributed by atoms with E-state index in [9.17, 15) is 21.6 Å². The molecule has 2 aromatic rings. The number of rotatable bonds is 3. The van der Waals surface area contributed by atoms with Gasteiger partial charge in [-0.25, -0.2) is 0 Å². The average molecular weight is 291 g/mol. The Morgan fingerprint density at radius 2 is 1.89 bits per heavy atom. The van der Waals surface area contributed by atoms with E-state index in [4.69, 9.17) is 0 Å². The summed E-state index contributed by atoms with van der Waals surface area (Å²) >= 11 is 0. The van der Waals surface area contributed by atoms with E-state index in [-0.39, 0.29) is 0 Å². The molecule has 0 fully saturated rings. The second-order valence-corrected chi connectivity index (χ2v) is 5.33. The minimum absolute atomic E-state index is 0.325. The number of hydrogen-bond acceptors (Lipinski definition) is 4. The molecule has 0 N–H and O–H groups in total. The molecule has 102 valence electrons. The third kappa shape index (κ3) is 3.02. The van der Waals surface area contributed by atoms with Gasteiger partial charge in [-0.3, -0.25) is 9.17 Å². The van der Waals surface area contributed by atoms with E-state index in [0.717, 1.165) is 10.8 Å². The highest BCUT2D eigenvalue weighted by atomic mass is 32.2. The first kappa shape index (κ1) is 13.8. The van der Waals surface area contributed by atoms with Crippen LogP contribution in [0.25, 0.3) is 10.8 Å². The third-order valence-corrected chi connectivity index (χ3v) is 3.36. The van der Waals surface area contributed by atoms with Crippen LogP contribution in [0.1, 0.15) is 5.56 Å². The van der Waals surface area contributed by atoms with E-state index in [1.54, 1.807) is 24.4 Å². The molecule has 8 heteroatoms. The van der Waals surface area contributed by atoms with Crippen molar-refractivity contribution >= 4 is 20.9 Å². The average Bonchev–Trinajstić information content (AvgIpc) is 2.35. The molecule has 0 radical (unpaired) electrons. The number of alkyl halides is 3. The molecule has 1 aromatic carbocycles. The molecule has 0 saturated carbocycles. The monoisotopic (exact) mass is 291 g/mol. The van der Waals surface area contributed by atoms with Crippen LogP contribution in [0.15, 0.2) is 36.7 Å². The quantitative estimate of drug-likeness (QED) is 0.644. The Bertz CT molecular complexity index is 698. The molecule has 0 aliphatic heterocycles. The summed E-state index contributed by atoms with van der Waals surface area (Å²) in [5.74, 6) is 0. The second-order valence-electron chi connectivity index (χ2n) is 3.72. The predicted molar refractivity (Wildman–Crippen MR) is 61.5 cm³/mol. The van der Waals surface area contributed by atoms with E-state index in [1.165, 1.54) is 12.3 Å². The number of aromatic nitrogens is 1. The van der Waals surface area contributed by atoms with Crippen molar-refractivity contribution in [3.63, 3.8) is 0 Å². The van der Waals surface area contributed by atoms with Crippen molar-refractivity contribution < 1.29 is 25.8 Å². The summed E-state index contributed by atoms with van der Waals surface area (Å²) in [5.41, 5.74) is -5.08. The SMILES string of the molecule is O=S(=O)(OCc1ccc2cnccc2c1)C(F)(F)F. The highest BCUT2D eigenvalue weighted by Crippen LogP contribution is 2.26. The molecule has 0 amide bonds. The van der Waals surface area contributed by atoms with Crippen LogP contribution in [-0.4, -0.2) is 18.9 Å². The molecule has 0 aliphatic carbocycles. The molecule has 1 aromatic heterocycles. The molecule has 0 unspecified atom stereocenters. The molecular weight excluding hydrogens is 283 g/mol. The fourth-order valence-corrected chi connectivity index (χ4v) is 1.86. The van der Waals surface area contributed by atoms with E-state index in [2.05, 4.69) is 9.17 Å². The lowest BCUT2D eigenvalue weighted by atomic mass is 10.1. The van der Waals surface area contributed by atoms with E-state index < -0.39 is 22.2 Å². The normalized spacial score (nSPS) is 12.8. The van der Waals surface area contributed by atoms with Crippen molar-refractivity contribution in [2.24, 2.45) is 0 Å². The second kappa shape index (κ2) is 4.78. The van der Waals surface area contributed by atoms with Crippen molar-refractivity contribution in [1.82, 2.24) is 4.98 Å². The van der Waals surface area contributed by atoms with Gasteiger partial charge in [0.05, 0.1) is 6.61 Å². The van der Waals surface area contributed by atoms with Gasteiger partial charge in [0.15, 0.2) is 0 Å². The van der Waals surface area contributed by atoms with Gasteiger partial charge in [0.1, 0.15) is 0 Å².